The molecule has 0 unspecified atom stereocenters. The lowest BCUT2D eigenvalue weighted by atomic mass is 9.98. The van der Waals surface area contributed by atoms with Crippen LogP contribution < -0.4 is 0 Å². The molecule has 0 saturated carbocycles. The summed E-state index contributed by atoms with van der Waals surface area (Å²) in [6.07, 6.45) is 1.37. The highest BCUT2D eigenvalue weighted by atomic mass is 16.4. The van der Waals surface area contributed by atoms with Crippen molar-refractivity contribution in [2.45, 2.75) is 33.2 Å². The van der Waals surface area contributed by atoms with E-state index in [1.54, 1.807) is 12.1 Å². The average molecular weight is 494 g/mol. The lowest BCUT2D eigenvalue weighted by Crippen LogP contribution is -2.08. The number of hydrogen-bond donors (Lipinski definition) is 2. The van der Waals surface area contributed by atoms with Gasteiger partial charge in [0, 0.05) is 18.4 Å². The summed E-state index contributed by atoms with van der Waals surface area (Å²) in [6, 6.07) is 23.3. The lowest BCUT2D eigenvalue weighted by Gasteiger charge is -2.10. The van der Waals surface area contributed by atoms with Gasteiger partial charge in [-0.1, -0.05) is 74.5 Å². The van der Waals surface area contributed by atoms with Gasteiger partial charge in [-0.25, -0.2) is 19.6 Å². The van der Waals surface area contributed by atoms with Crippen LogP contribution in [-0.2, 0) is 19.4 Å². The van der Waals surface area contributed by atoms with Gasteiger partial charge in [-0.3, -0.25) is 0 Å². The predicted molar refractivity (Wildman–Crippen MR) is 139 cm³/mol. The van der Waals surface area contributed by atoms with Crippen LogP contribution in [-0.4, -0.2) is 46.5 Å². The minimum atomic E-state index is -0.933. The number of tetrazole rings is 1. The Morgan fingerprint density at radius 1 is 0.946 bits per heavy atom. The van der Waals surface area contributed by atoms with Gasteiger partial charge in [-0.05, 0) is 50.7 Å². The average Bonchev–Trinajstić information content (AvgIpc) is 3.55. The first-order valence-corrected chi connectivity index (χ1v) is 12.1. The number of aromatic carboxylic acids is 1. The molecule has 0 aliphatic rings. The summed E-state index contributed by atoms with van der Waals surface area (Å²) in [7, 11) is 0. The molecule has 37 heavy (non-hydrogen) atoms. The zero-order chi connectivity index (χ0) is 25.8. The maximum absolute atomic E-state index is 11.2. The normalized spacial score (nSPS) is 11.2. The van der Waals surface area contributed by atoms with Gasteiger partial charge in [0.15, 0.2) is 11.6 Å². The van der Waals surface area contributed by atoms with Crippen LogP contribution in [0.25, 0.3) is 22.5 Å². The molecule has 9 heteroatoms. The molecule has 2 N–H and O–H groups in total. The second kappa shape index (κ2) is 10.5. The minimum Gasteiger partial charge on any atom is -0.478 e. The van der Waals surface area contributed by atoms with Gasteiger partial charge in [-0.15, -0.1) is 5.10 Å². The number of aromatic amines is 1. The van der Waals surface area contributed by atoms with Gasteiger partial charge >= 0.3 is 5.97 Å². The summed E-state index contributed by atoms with van der Waals surface area (Å²) >= 11 is 0. The van der Waals surface area contributed by atoms with Crippen molar-refractivity contribution in [3.05, 3.63) is 101 Å². The summed E-state index contributed by atoms with van der Waals surface area (Å²) < 4.78 is 1.95. The van der Waals surface area contributed by atoms with Crippen molar-refractivity contribution < 1.29 is 9.90 Å². The predicted octanol–water partition coefficient (Wildman–Crippen LogP) is 4.66. The number of nitrogens with zero attached hydrogens (tertiary/aromatic N) is 6. The Labute approximate surface area is 214 Å². The molecular weight excluding hydrogens is 466 g/mol. The molecule has 0 aliphatic heterocycles. The summed E-state index contributed by atoms with van der Waals surface area (Å²) in [5.41, 5.74) is 5.40. The van der Waals surface area contributed by atoms with Crippen LogP contribution in [0.3, 0.4) is 0 Å². The summed E-state index contributed by atoms with van der Waals surface area (Å²) in [4.78, 5) is 16.0. The van der Waals surface area contributed by atoms with Crippen molar-refractivity contribution in [2.75, 3.05) is 0 Å². The third-order valence-electron chi connectivity index (χ3n) is 6.07. The second-order valence-electron chi connectivity index (χ2n) is 9.37. The molecule has 2 heterocycles. The van der Waals surface area contributed by atoms with E-state index in [-0.39, 0.29) is 5.56 Å². The van der Waals surface area contributed by atoms with E-state index in [2.05, 4.69) is 64.8 Å². The fourth-order valence-electron chi connectivity index (χ4n) is 4.26. The van der Waals surface area contributed by atoms with Crippen LogP contribution in [0, 0.1) is 5.92 Å². The van der Waals surface area contributed by atoms with Gasteiger partial charge in [0.2, 0.25) is 0 Å². The van der Waals surface area contributed by atoms with E-state index in [1.807, 2.05) is 35.0 Å². The fraction of sp³-hybridized carbons (Fsp3) is 0.214. The highest BCUT2D eigenvalue weighted by molar-refractivity contribution is 5.87. The van der Waals surface area contributed by atoms with Crippen LogP contribution in [0.4, 0.5) is 0 Å². The van der Waals surface area contributed by atoms with Crippen molar-refractivity contribution in [3.8, 4) is 22.5 Å². The first-order chi connectivity index (χ1) is 18.0. The number of rotatable bonds is 9. The van der Waals surface area contributed by atoms with Crippen molar-refractivity contribution in [1.29, 1.82) is 0 Å². The van der Waals surface area contributed by atoms with Crippen molar-refractivity contribution in [3.63, 3.8) is 0 Å². The smallest absolute Gasteiger partial charge is 0.335 e. The monoisotopic (exact) mass is 493 g/mol. The van der Waals surface area contributed by atoms with E-state index in [0.29, 0.717) is 24.7 Å². The van der Waals surface area contributed by atoms with E-state index < -0.39 is 5.97 Å². The molecule has 0 amide bonds. The highest BCUT2D eigenvalue weighted by Crippen LogP contribution is 2.29. The van der Waals surface area contributed by atoms with Gasteiger partial charge in [0.05, 0.1) is 12.1 Å². The molecule has 5 aromatic rings. The Hall–Kier alpha value is -4.66. The number of H-pyrrole nitrogens is 1. The number of hydrogen-bond acceptors (Lipinski definition) is 6. The molecule has 0 saturated heterocycles. The lowest BCUT2D eigenvalue weighted by molar-refractivity contribution is 0.0697. The van der Waals surface area contributed by atoms with Crippen LogP contribution >= 0.6 is 0 Å². The van der Waals surface area contributed by atoms with E-state index >= 15 is 0 Å². The van der Waals surface area contributed by atoms with Crippen molar-refractivity contribution in [2.24, 2.45) is 5.92 Å². The standard InChI is InChI=1S/C28H27N7O2/c1-18(2)15-25-29-26(16-19-7-13-22(14-8-19)28(36)37)35(32-25)17-20-9-11-21(12-10-20)23-5-3-4-6-24(23)27-30-33-34-31-27/h3-14,18H,15-17H2,1-2H3,(H,36,37)(H,30,31,33,34). The van der Waals surface area contributed by atoms with Crippen molar-refractivity contribution >= 4 is 5.97 Å². The zero-order valence-corrected chi connectivity index (χ0v) is 20.7. The topological polar surface area (TPSA) is 122 Å². The van der Waals surface area contributed by atoms with Gasteiger partial charge in [0.25, 0.3) is 0 Å². The molecule has 2 aromatic heterocycles. The Bertz CT molecular complexity index is 1490. The number of carboxylic acid groups (broad SMARTS) is 1. The number of nitrogens with one attached hydrogen (secondary N) is 1. The molecule has 0 fully saturated rings. The molecule has 0 radical (unpaired) electrons. The third kappa shape index (κ3) is 5.61. The van der Waals surface area contributed by atoms with Crippen LogP contribution in [0.5, 0.6) is 0 Å². The zero-order valence-electron chi connectivity index (χ0n) is 20.7. The minimum absolute atomic E-state index is 0.270. The summed E-state index contributed by atoms with van der Waals surface area (Å²) in [6.45, 7) is 4.88. The maximum atomic E-state index is 11.2. The molecule has 0 spiro atoms. The molecular formula is C28H27N7O2. The molecule has 0 bridgehead atoms. The van der Waals surface area contributed by atoms with E-state index in [4.69, 9.17) is 10.1 Å². The van der Waals surface area contributed by atoms with Gasteiger partial charge < -0.3 is 5.11 Å². The molecule has 0 atom stereocenters. The van der Waals surface area contributed by atoms with Crippen LogP contribution in [0.1, 0.15) is 47.0 Å². The first-order valence-electron chi connectivity index (χ1n) is 12.1. The van der Waals surface area contributed by atoms with Crippen molar-refractivity contribution in [1.82, 2.24) is 35.4 Å². The largest absolute Gasteiger partial charge is 0.478 e. The van der Waals surface area contributed by atoms with Crippen LogP contribution in [0.2, 0.25) is 0 Å². The first kappa shape index (κ1) is 24.1. The summed E-state index contributed by atoms with van der Waals surface area (Å²) in [5.74, 6) is 1.81. The number of carboxylic acids is 1. The Morgan fingerprint density at radius 3 is 2.30 bits per heavy atom. The molecule has 9 nitrogen and oxygen atoms in total. The molecule has 0 aliphatic carbocycles. The number of aromatic nitrogens is 7. The Morgan fingerprint density at radius 2 is 1.65 bits per heavy atom. The van der Waals surface area contributed by atoms with E-state index in [0.717, 1.165) is 45.9 Å². The highest BCUT2D eigenvalue weighted by Gasteiger charge is 2.14. The Kier molecular flexibility index (Phi) is 6.85. The number of benzene rings is 3. The molecule has 5 rings (SSSR count). The molecule has 3 aromatic carbocycles. The fourth-order valence-corrected chi connectivity index (χ4v) is 4.26. The molecule has 186 valence electrons. The third-order valence-corrected chi connectivity index (χ3v) is 6.07. The van der Waals surface area contributed by atoms with Crippen LogP contribution in [0.15, 0.2) is 72.8 Å². The van der Waals surface area contributed by atoms with E-state index in [9.17, 15) is 9.90 Å². The quantitative estimate of drug-likeness (QED) is 0.306. The second-order valence-corrected chi connectivity index (χ2v) is 9.37. The van der Waals surface area contributed by atoms with Gasteiger partial charge in [0.1, 0.15) is 5.82 Å². The van der Waals surface area contributed by atoms with E-state index in [1.165, 1.54) is 0 Å². The maximum Gasteiger partial charge on any atom is 0.335 e. The summed E-state index contributed by atoms with van der Waals surface area (Å²) in [5, 5.41) is 28.3. The van der Waals surface area contributed by atoms with Gasteiger partial charge in [-0.2, -0.15) is 5.10 Å². The number of carbonyl (C=O) groups is 1. The SMILES string of the molecule is CC(C)Cc1nc(Cc2ccc(C(=O)O)cc2)n(Cc2ccc(-c3ccccc3-c3nnn[nH]3)cc2)n1. The Balaban J connectivity index is 1.39.